The second kappa shape index (κ2) is 2.86. The third-order valence-electron chi connectivity index (χ3n) is 1.87. The number of para-hydroxylation sites is 2. The molecular formula is C10H8N2O. The molecule has 0 aliphatic heterocycles. The predicted molar refractivity (Wildman–Crippen MR) is 50.6 cm³/mol. The zero-order valence-electron chi connectivity index (χ0n) is 6.97. The minimum atomic E-state index is -0.159. The number of benzene rings is 1. The molecule has 3 heteroatoms. The van der Waals surface area contributed by atoms with Crippen molar-refractivity contribution in [1.82, 2.24) is 9.55 Å². The minimum Gasteiger partial charge on any atom is -0.269 e. The van der Waals surface area contributed by atoms with E-state index in [9.17, 15) is 4.79 Å². The fraction of sp³-hybridized carbons (Fsp3) is 0. The van der Waals surface area contributed by atoms with Crippen LogP contribution >= 0.6 is 0 Å². The highest BCUT2D eigenvalue weighted by Gasteiger charge is 2.04. The van der Waals surface area contributed by atoms with Crippen molar-refractivity contribution in [2.75, 3.05) is 0 Å². The first-order valence-electron chi connectivity index (χ1n) is 3.92. The smallest absolute Gasteiger partial charge is 0.255 e. The third kappa shape index (κ3) is 1.14. The van der Waals surface area contributed by atoms with Crippen molar-refractivity contribution in [2.24, 2.45) is 0 Å². The molecule has 0 unspecified atom stereocenters. The monoisotopic (exact) mass is 172 g/mol. The fourth-order valence-electron chi connectivity index (χ4n) is 1.23. The average Bonchev–Trinajstić information content (AvgIpc) is 2.60. The lowest BCUT2D eigenvalue weighted by Crippen LogP contribution is -2.04. The molecule has 0 radical (unpaired) electrons. The Bertz CT molecular complexity index is 470. The lowest BCUT2D eigenvalue weighted by molar-refractivity contribution is 0.0973. The number of allylic oxidation sites excluding steroid dienone is 1. The molecule has 0 aliphatic carbocycles. The highest BCUT2D eigenvalue weighted by Crippen LogP contribution is 2.11. The molecule has 1 heterocycles. The van der Waals surface area contributed by atoms with Gasteiger partial charge in [-0.2, -0.15) is 0 Å². The molecule has 0 bridgehead atoms. The van der Waals surface area contributed by atoms with Gasteiger partial charge < -0.3 is 0 Å². The van der Waals surface area contributed by atoms with Crippen LogP contribution in [0.4, 0.5) is 0 Å². The predicted octanol–water partition coefficient (Wildman–Crippen LogP) is 1.86. The van der Waals surface area contributed by atoms with Gasteiger partial charge in [-0.1, -0.05) is 18.7 Å². The van der Waals surface area contributed by atoms with E-state index in [1.165, 1.54) is 17.0 Å². The molecule has 0 saturated heterocycles. The van der Waals surface area contributed by atoms with Crippen LogP contribution in [0.5, 0.6) is 0 Å². The zero-order valence-corrected chi connectivity index (χ0v) is 6.97. The molecule has 1 aromatic carbocycles. The van der Waals surface area contributed by atoms with Gasteiger partial charge in [0.15, 0.2) is 0 Å². The fourth-order valence-corrected chi connectivity index (χ4v) is 1.23. The van der Waals surface area contributed by atoms with Gasteiger partial charge in [0, 0.05) is 0 Å². The van der Waals surface area contributed by atoms with Crippen LogP contribution in [-0.4, -0.2) is 15.5 Å². The van der Waals surface area contributed by atoms with E-state index in [1.54, 1.807) is 0 Å². The Kier molecular flexibility index (Phi) is 1.70. The van der Waals surface area contributed by atoms with Crippen molar-refractivity contribution in [3.05, 3.63) is 43.2 Å². The maximum absolute atomic E-state index is 11.3. The van der Waals surface area contributed by atoms with Crippen LogP contribution in [0.25, 0.3) is 11.0 Å². The van der Waals surface area contributed by atoms with Crippen LogP contribution in [0.3, 0.4) is 0 Å². The number of carbonyl (C=O) groups is 1. The molecule has 1 aromatic heterocycles. The summed E-state index contributed by atoms with van der Waals surface area (Å²) in [6.07, 6.45) is 2.78. The highest BCUT2D eigenvalue weighted by molar-refractivity contribution is 5.96. The molecule has 0 saturated carbocycles. The van der Waals surface area contributed by atoms with Gasteiger partial charge in [-0.3, -0.25) is 9.36 Å². The molecule has 3 nitrogen and oxygen atoms in total. The number of nitrogens with zero attached hydrogens (tertiary/aromatic N) is 2. The summed E-state index contributed by atoms with van der Waals surface area (Å²) in [6, 6.07) is 7.47. The Balaban J connectivity index is 2.71. The van der Waals surface area contributed by atoms with Crippen molar-refractivity contribution in [1.29, 1.82) is 0 Å². The number of aromatic nitrogens is 2. The zero-order chi connectivity index (χ0) is 9.26. The first-order chi connectivity index (χ1) is 6.33. The summed E-state index contributed by atoms with van der Waals surface area (Å²) >= 11 is 0. The maximum Gasteiger partial charge on any atom is 0.255 e. The second-order valence-electron chi connectivity index (χ2n) is 2.65. The molecule has 0 fully saturated rings. The quantitative estimate of drug-likeness (QED) is 0.615. The number of imidazole rings is 1. The molecule has 2 rings (SSSR count). The Morgan fingerprint density at radius 3 is 3.00 bits per heavy atom. The molecule has 2 aromatic rings. The number of hydrogen-bond donors (Lipinski definition) is 0. The summed E-state index contributed by atoms with van der Waals surface area (Å²) in [4.78, 5) is 15.4. The van der Waals surface area contributed by atoms with E-state index in [-0.39, 0.29) is 5.91 Å². The number of fused-ring (bicyclic) bond motifs is 1. The second-order valence-corrected chi connectivity index (χ2v) is 2.65. The van der Waals surface area contributed by atoms with Gasteiger partial charge in [0.25, 0.3) is 5.91 Å². The first kappa shape index (κ1) is 7.73. The Labute approximate surface area is 75.3 Å². The van der Waals surface area contributed by atoms with Gasteiger partial charge >= 0.3 is 0 Å². The van der Waals surface area contributed by atoms with E-state index in [4.69, 9.17) is 0 Å². The minimum absolute atomic E-state index is 0.159. The van der Waals surface area contributed by atoms with E-state index in [1.807, 2.05) is 24.3 Å². The topological polar surface area (TPSA) is 34.9 Å². The molecule has 64 valence electrons. The summed E-state index contributed by atoms with van der Waals surface area (Å²) in [5.74, 6) is -0.159. The SMILES string of the molecule is C=CC(=O)n1cnc2ccccc21. The van der Waals surface area contributed by atoms with Gasteiger partial charge in [-0.05, 0) is 18.2 Å². The third-order valence-corrected chi connectivity index (χ3v) is 1.87. The number of rotatable bonds is 1. The highest BCUT2D eigenvalue weighted by atomic mass is 16.1. The molecule has 13 heavy (non-hydrogen) atoms. The Morgan fingerprint density at radius 2 is 2.23 bits per heavy atom. The number of carbonyl (C=O) groups excluding carboxylic acids is 1. The summed E-state index contributed by atoms with van der Waals surface area (Å²) in [7, 11) is 0. The Morgan fingerprint density at radius 1 is 1.46 bits per heavy atom. The van der Waals surface area contributed by atoms with Crippen LogP contribution in [0.1, 0.15) is 4.79 Å². The largest absolute Gasteiger partial charge is 0.269 e. The van der Waals surface area contributed by atoms with Crippen molar-refractivity contribution >= 4 is 16.9 Å². The van der Waals surface area contributed by atoms with Gasteiger partial charge in [-0.25, -0.2) is 4.98 Å². The normalized spacial score (nSPS) is 10.2. The molecular weight excluding hydrogens is 164 g/mol. The van der Waals surface area contributed by atoms with E-state index in [0.717, 1.165) is 11.0 Å². The average molecular weight is 172 g/mol. The molecule has 0 atom stereocenters. The van der Waals surface area contributed by atoms with Crippen molar-refractivity contribution in [3.63, 3.8) is 0 Å². The van der Waals surface area contributed by atoms with E-state index in [2.05, 4.69) is 11.6 Å². The van der Waals surface area contributed by atoms with Crippen LogP contribution in [-0.2, 0) is 0 Å². The summed E-state index contributed by atoms with van der Waals surface area (Å²) < 4.78 is 1.47. The molecule has 0 aliphatic rings. The summed E-state index contributed by atoms with van der Waals surface area (Å²) in [5, 5.41) is 0. The van der Waals surface area contributed by atoms with Crippen molar-refractivity contribution < 1.29 is 4.79 Å². The van der Waals surface area contributed by atoms with Gasteiger partial charge in [0.1, 0.15) is 6.33 Å². The van der Waals surface area contributed by atoms with E-state index >= 15 is 0 Å². The van der Waals surface area contributed by atoms with Crippen molar-refractivity contribution in [3.8, 4) is 0 Å². The van der Waals surface area contributed by atoms with Crippen LogP contribution in [0, 0.1) is 0 Å². The van der Waals surface area contributed by atoms with E-state index < -0.39 is 0 Å². The van der Waals surface area contributed by atoms with Crippen LogP contribution in [0.15, 0.2) is 43.2 Å². The first-order valence-corrected chi connectivity index (χ1v) is 3.92. The van der Waals surface area contributed by atoms with Gasteiger partial charge in [0.2, 0.25) is 0 Å². The molecule has 0 spiro atoms. The standard InChI is InChI=1S/C10H8N2O/c1-2-10(13)12-7-11-8-5-3-4-6-9(8)12/h2-7H,1H2. The summed E-state index contributed by atoms with van der Waals surface area (Å²) in [6.45, 7) is 3.43. The van der Waals surface area contributed by atoms with E-state index in [0.29, 0.717) is 0 Å². The Hall–Kier alpha value is -1.90. The maximum atomic E-state index is 11.3. The molecule has 0 amide bonds. The lowest BCUT2D eigenvalue weighted by Gasteiger charge is -1.95. The van der Waals surface area contributed by atoms with Crippen LogP contribution < -0.4 is 0 Å². The van der Waals surface area contributed by atoms with Crippen LogP contribution in [0.2, 0.25) is 0 Å². The van der Waals surface area contributed by atoms with Crippen molar-refractivity contribution in [2.45, 2.75) is 0 Å². The van der Waals surface area contributed by atoms with Gasteiger partial charge in [-0.15, -0.1) is 0 Å². The number of hydrogen-bond acceptors (Lipinski definition) is 2. The summed E-state index contributed by atoms with van der Waals surface area (Å²) in [5.41, 5.74) is 1.63. The lowest BCUT2D eigenvalue weighted by atomic mass is 10.3. The molecule has 0 N–H and O–H groups in total. The van der Waals surface area contributed by atoms with Gasteiger partial charge in [0.05, 0.1) is 11.0 Å².